The van der Waals surface area contributed by atoms with Gasteiger partial charge in [0.25, 0.3) is 0 Å². The molecule has 0 unspecified atom stereocenters. The van der Waals surface area contributed by atoms with Gasteiger partial charge in [0, 0.05) is 83.8 Å². The Morgan fingerprint density at radius 1 is 0.519 bits per heavy atom. The van der Waals surface area contributed by atoms with E-state index in [2.05, 4.69) is 140 Å². The third-order valence-corrected chi connectivity index (χ3v) is 23.3. The number of carbonyl (C=O) groups is 4. The minimum atomic E-state index is -1.02. The maximum atomic E-state index is 13.7. The number of halogens is 12. The fraction of sp³-hybridized carbons (Fsp3) is 0.424. The molecular formula is C66H73Br6Cl3F3N9O13S5Zn. The number of hydrogen-bond acceptors (Lipinski definition) is 26. The van der Waals surface area contributed by atoms with Crippen LogP contribution in [-0.4, -0.2) is 192 Å². The Kier molecular flexibility index (Phi) is 46.1. The fourth-order valence-electron chi connectivity index (χ4n) is 8.81. The van der Waals surface area contributed by atoms with E-state index in [1.165, 1.54) is 99.6 Å². The first-order valence-electron chi connectivity index (χ1n) is 32.2. The molecule has 0 saturated carbocycles. The van der Waals surface area contributed by atoms with Crippen LogP contribution in [0.4, 0.5) is 28.6 Å². The average Bonchev–Trinajstić information content (AvgIpc) is 1.68. The number of thiazole rings is 5. The monoisotopic (exact) mass is 2060 g/mol. The molecular weight excluding hydrogens is 2000 g/mol. The first-order chi connectivity index (χ1) is 51.0. The summed E-state index contributed by atoms with van der Waals surface area (Å²) in [6.07, 6.45) is 3.14. The molecule has 0 spiro atoms. The topological polar surface area (TPSA) is 249 Å². The van der Waals surface area contributed by atoms with E-state index in [0.717, 1.165) is 95.8 Å². The molecule has 13 rings (SSSR count). The second kappa shape index (κ2) is 52.2. The van der Waals surface area contributed by atoms with Gasteiger partial charge >= 0.3 is 53.8 Å². The Balaban J connectivity index is 0.000000229. The zero-order valence-corrected chi connectivity index (χ0v) is 76.2. The summed E-state index contributed by atoms with van der Waals surface area (Å²) in [6, 6.07) is 13.5. The van der Waals surface area contributed by atoms with Crippen LogP contribution in [0.1, 0.15) is 100 Å². The molecule has 106 heavy (non-hydrogen) atoms. The van der Waals surface area contributed by atoms with Crippen molar-refractivity contribution in [3.8, 4) is 0 Å². The van der Waals surface area contributed by atoms with Crippen LogP contribution in [0.15, 0.2) is 81.6 Å². The van der Waals surface area contributed by atoms with Crippen molar-refractivity contribution in [1.82, 2.24) is 30.2 Å². The summed E-state index contributed by atoms with van der Waals surface area (Å²) < 4.78 is 84.0. The van der Waals surface area contributed by atoms with Crippen LogP contribution in [0.5, 0.6) is 0 Å². The molecule has 0 radical (unpaired) electrons. The number of anilines is 3. The van der Waals surface area contributed by atoms with E-state index in [1.807, 2.05) is 10.3 Å². The van der Waals surface area contributed by atoms with Crippen molar-refractivity contribution < 1.29 is 91.7 Å². The molecule has 8 aromatic rings. The number of carboxylic acids is 1. The van der Waals surface area contributed by atoms with Gasteiger partial charge in [0.1, 0.15) is 45.0 Å². The Morgan fingerprint density at radius 3 is 1.23 bits per heavy atom. The predicted octanol–water partition coefficient (Wildman–Crippen LogP) is 17.9. The number of morpholine rings is 4. The summed E-state index contributed by atoms with van der Waals surface area (Å²) in [5, 5.41) is 17.0. The molecule has 40 heteroatoms. The number of carbonyl (C=O) groups excluding carboxylic acids is 3. The van der Waals surface area contributed by atoms with E-state index in [4.69, 9.17) is 72.7 Å². The molecule has 0 amide bonds. The number of rotatable bonds is 14. The van der Waals surface area contributed by atoms with Gasteiger partial charge in [-0.05, 0) is 149 Å². The summed E-state index contributed by atoms with van der Waals surface area (Å²) in [5.74, 6) is -3.51. The number of aromatic nitrogens is 5. The summed E-state index contributed by atoms with van der Waals surface area (Å²) in [7, 11) is 0. The molecule has 576 valence electrons. The normalized spacial score (nSPS) is 14.4. The van der Waals surface area contributed by atoms with Crippen molar-refractivity contribution in [1.29, 1.82) is 0 Å². The molecule has 5 fully saturated rings. The van der Waals surface area contributed by atoms with Gasteiger partial charge in [0.2, 0.25) is 0 Å². The molecule has 3 aromatic carbocycles. The number of ether oxygens (including phenoxy) is 8. The van der Waals surface area contributed by atoms with E-state index >= 15 is 0 Å². The molecule has 10 heterocycles. The summed E-state index contributed by atoms with van der Waals surface area (Å²) in [4.78, 5) is 75.8. The van der Waals surface area contributed by atoms with Gasteiger partial charge in [-0.25, -0.2) is 57.3 Å². The number of nitrogens with one attached hydrogen (secondary N) is 1. The average molecular weight is 2070 g/mol. The van der Waals surface area contributed by atoms with Gasteiger partial charge in [0.15, 0.2) is 23.2 Å². The molecule has 5 aromatic heterocycles. The van der Waals surface area contributed by atoms with E-state index in [-0.39, 0.29) is 38.3 Å². The molecule has 0 aliphatic carbocycles. The maximum absolute atomic E-state index is 13.7. The number of esters is 3. The van der Waals surface area contributed by atoms with E-state index in [9.17, 15) is 37.5 Å². The van der Waals surface area contributed by atoms with Gasteiger partial charge in [-0.1, -0.05) is 98.3 Å². The Bertz CT molecular complexity index is 3950. The van der Waals surface area contributed by atoms with Crippen molar-refractivity contribution >= 4 is 224 Å². The third-order valence-electron chi connectivity index (χ3n) is 13.7. The van der Waals surface area contributed by atoms with Crippen LogP contribution in [0.2, 0.25) is 15.1 Å². The van der Waals surface area contributed by atoms with Gasteiger partial charge in [-0.2, -0.15) is 18.6 Å². The summed E-state index contributed by atoms with van der Waals surface area (Å²) in [6.45, 7) is 24.0. The van der Waals surface area contributed by atoms with Crippen molar-refractivity contribution in [3.05, 3.63) is 169 Å². The van der Waals surface area contributed by atoms with Crippen molar-refractivity contribution in [2.24, 2.45) is 0 Å². The first-order valence-corrected chi connectivity index (χ1v) is 48.4. The molecule has 0 atom stereocenters. The quantitative estimate of drug-likeness (QED) is 0.0444. The van der Waals surface area contributed by atoms with Crippen molar-refractivity contribution in [3.63, 3.8) is 0 Å². The van der Waals surface area contributed by atoms with Gasteiger partial charge in [-0.15, -0.1) is 17.4 Å². The fourth-order valence-corrected chi connectivity index (χ4v) is 16.6. The molecule has 22 nitrogen and oxygen atoms in total. The summed E-state index contributed by atoms with van der Waals surface area (Å²) >= 11 is 43.7. The number of hydrogen-bond donors (Lipinski definition) is 2. The second-order valence-corrected chi connectivity index (χ2v) is 32.1. The number of benzene rings is 3. The Hall–Kier alpha value is -3.12. The predicted molar refractivity (Wildman–Crippen MR) is 430 cm³/mol. The number of carboxylic acid groups (broad SMARTS) is 1. The van der Waals surface area contributed by atoms with Crippen LogP contribution in [0, 0.1) is 24.4 Å². The van der Waals surface area contributed by atoms with Crippen LogP contribution in [0.3, 0.4) is 0 Å². The van der Waals surface area contributed by atoms with Crippen molar-refractivity contribution in [2.45, 2.75) is 46.5 Å². The van der Waals surface area contributed by atoms with Crippen LogP contribution < -0.4 is 20.0 Å². The van der Waals surface area contributed by atoms with Crippen LogP contribution >= 0.6 is 185 Å². The van der Waals surface area contributed by atoms with Gasteiger partial charge in [0.05, 0.1) is 105 Å². The zero-order valence-electron chi connectivity index (χ0n) is 57.4. The Morgan fingerprint density at radius 2 is 0.896 bits per heavy atom. The van der Waals surface area contributed by atoms with Crippen LogP contribution in [0.25, 0.3) is 0 Å². The zero-order chi connectivity index (χ0) is 77.5. The van der Waals surface area contributed by atoms with Gasteiger partial charge < -0.3 is 63.0 Å². The summed E-state index contributed by atoms with van der Waals surface area (Å²) in [5.41, 5.74) is 2.99. The Labute approximate surface area is 706 Å². The number of nitrogens with zero attached hydrogens (tertiary/aromatic N) is 8. The van der Waals surface area contributed by atoms with Gasteiger partial charge in [-0.3, -0.25) is 0 Å². The van der Waals surface area contributed by atoms with Crippen molar-refractivity contribution in [2.75, 3.05) is 153 Å². The van der Waals surface area contributed by atoms with E-state index < -0.39 is 29.4 Å². The second-order valence-electron chi connectivity index (χ2n) is 21.2. The molecule has 5 aliphatic rings. The van der Waals surface area contributed by atoms with Crippen LogP contribution in [-0.2, 0) is 67.1 Å². The molecule has 2 N–H and O–H groups in total. The molecule has 5 saturated heterocycles. The third kappa shape index (κ3) is 33.7. The SMILES string of the molecule is Brc1csc(Br)n1.C1CCOC1.C1COCCN1.CCOC(=O)c1sc(Br)nc1Br.CCOC(=O)c1sc(N2CCOCC2)nc1Br.CCOC(=O)c1sc(N2CCOCC2)nc1Cc1ccc(Cl)c(F)c1.O=C(O)c1sc(N2CCOCC2)nc1Cc1ccc(Cl)c(F)c1.[CH2-]c1ccc(Cl)c(F)c1.[Zn+][Br]. The first kappa shape index (κ1) is 93.5. The molecule has 0 bridgehead atoms. The molecule has 5 aliphatic heterocycles. The van der Waals surface area contributed by atoms with E-state index in [1.54, 1.807) is 50.3 Å². The minimum absolute atomic E-state index is 0.0412. The standard InChI is InChI=1S/C17H18ClFN2O3S.C15H14ClFN2O3S.C10H13BrN2O3S.C7H5ClF.C6H5Br2NO2S.C4H9NO.C4H8O.C3HBr2NS.BrH.Zn/c1-2-24-16(22)15-14(10-11-3-4-12(18)13(19)9-11)20-17(25-15)21-5-7-23-8-6-21;16-10-2-1-9(7-11(10)17)8-12-13(14(20)21)23-15(18-12)19-3-5-22-6-4-19;1-2-16-9(14)7-8(11)12-10(17-7)13-3-5-15-6-4-13;1-5-2-3-6(8)7(9)4-5;1-2-11-5(10)3-4(7)9-6(8)12-3;1-3-6-4-2-5-1;1-2-4-5-3-1;4-2-1-7-3(5)6-2;;/h3-4,9H,2,5-8,10H2,1H3;1-2,7H,3-6,8H2,(H,20,21);2-6H2,1H3;2-4H,1H2;2H2,1H3;5H,1-4H2;1-4H2;1H;1H;/q;;;-1;;;;;;+2/p-1. The number of aromatic carboxylic acids is 1. The van der Waals surface area contributed by atoms with E-state index in [0.29, 0.717) is 140 Å².